The van der Waals surface area contributed by atoms with E-state index in [9.17, 15) is 100 Å². The van der Waals surface area contributed by atoms with E-state index >= 15 is 0 Å². The highest BCUT2D eigenvalue weighted by molar-refractivity contribution is 7.98. The van der Waals surface area contributed by atoms with Crippen molar-refractivity contribution in [1.29, 1.82) is 0 Å². The van der Waals surface area contributed by atoms with Crippen LogP contribution in [-0.4, -0.2) is 252 Å². The molecular formula is C97H129FN26O20S. The molecule has 0 radical (unpaired) electrons. The Hall–Kier alpha value is -15.6. The van der Waals surface area contributed by atoms with Gasteiger partial charge in [0.05, 0.1) is 56.0 Å². The highest BCUT2D eigenvalue weighted by Crippen LogP contribution is 2.42. The third kappa shape index (κ3) is 34.9. The number of para-hydroxylation sites is 2. The van der Waals surface area contributed by atoms with Crippen LogP contribution in [0.3, 0.4) is 0 Å². The molecule has 0 spiro atoms. The first-order valence-corrected chi connectivity index (χ1v) is 49.2. The number of nitrogens with two attached hydrogens (primary N) is 4. The van der Waals surface area contributed by atoms with Gasteiger partial charge in [-0.2, -0.15) is 11.8 Å². The Bertz CT molecular complexity index is 5820. The quantitative estimate of drug-likeness (QED) is 0.0196. The number of halogens is 1. The van der Waals surface area contributed by atoms with Crippen molar-refractivity contribution >= 4 is 146 Å². The maximum absolute atomic E-state index is 14.8. The van der Waals surface area contributed by atoms with Crippen molar-refractivity contribution in [2.45, 2.75) is 243 Å². The average Bonchev–Trinajstić information content (AvgIpc) is 1.62. The summed E-state index contributed by atoms with van der Waals surface area (Å²) in [6.07, 6.45) is 2.59. The molecule has 46 nitrogen and oxygen atoms in total. The average molecular weight is 2030 g/mol. The number of benzene rings is 4. The fraction of sp³-hybridized carbons (Fsp3) is 0.474. The van der Waals surface area contributed by atoms with E-state index in [0.29, 0.717) is 50.6 Å². The van der Waals surface area contributed by atoms with E-state index in [1.54, 1.807) is 92.0 Å². The zero-order valence-electron chi connectivity index (χ0n) is 81.9. The van der Waals surface area contributed by atoms with Crippen LogP contribution >= 0.6 is 11.8 Å². The highest BCUT2D eigenvalue weighted by Gasteiger charge is 2.40. The van der Waals surface area contributed by atoms with Crippen molar-refractivity contribution in [2.24, 2.45) is 40.7 Å². The van der Waals surface area contributed by atoms with Crippen molar-refractivity contribution in [3.8, 4) is 22.5 Å². The number of imidazole rings is 1. The summed E-state index contributed by atoms with van der Waals surface area (Å²) in [7, 11) is 0. The van der Waals surface area contributed by atoms with E-state index in [-0.39, 0.29) is 115 Å². The lowest BCUT2D eigenvalue weighted by atomic mass is 9.95. The number of carbonyl (C=O) groups is 20. The number of aromatic nitrogens is 6. The summed E-state index contributed by atoms with van der Waals surface area (Å²) in [4.78, 5) is 286. The molecule has 780 valence electrons. The number of nitrogens with zero attached hydrogens (tertiary/aromatic N) is 5. The van der Waals surface area contributed by atoms with Gasteiger partial charge in [-0.15, -0.1) is 5.10 Å². The highest BCUT2D eigenvalue weighted by atomic mass is 32.2. The van der Waals surface area contributed by atoms with E-state index < -0.39 is 241 Å². The molecule has 20 amide bonds. The molecule has 145 heavy (non-hydrogen) atoms. The van der Waals surface area contributed by atoms with E-state index in [0.717, 1.165) is 16.7 Å². The first-order valence-electron chi connectivity index (χ1n) is 47.8. The molecule has 0 bridgehead atoms. The largest absolute Gasteiger partial charge is 0.370 e. The van der Waals surface area contributed by atoms with Gasteiger partial charge in [0.1, 0.15) is 84.0 Å². The molecule has 0 aliphatic carbocycles. The fourth-order valence-corrected chi connectivity index (χ4v) is 16.8. The minimum Gasteiger partial charge on any atom is -0.370 e. The molecule has 0 unspecified atom stereocenters. The number of aromatic amines is 2. The van der Waals surface area contributed by atoms with Crippen molar-refractivity contribution < 1.29 is 100 Å². The summed E-state index contributed by atoms with van der Waals surface area (Å²) in [5, 5.41) is 47.8. The topological polar surface area (TPSA) is 704 Å². The van der Waals surface area contributed by atoms with Crippen LogP contribution in [0.2, 0.25) is 0 Å². The summed E-state index contributed by atoms with van der Waals surface area (Å²) in [6, 6.07) is 9.95. The fourth-order valence-electron chi connectivity index (χ4n) is 16.3. The maximum Gasteiger partial charge on any atom is 0.243 e. The SMILES string of the molecule is CSCC[C@H](NC(=O)[C@H](CC(C)C)NC(=O)[C@H](Cc1c[nH]cn1)NC(=O)CNC(=O)[C@@H](NC(=O)[C@H](C)NC(=O)[C@H](Cc1c[nH]c2ccccc12)NC(=O)[C@H](CCC(N)=O)NC(=O)[C@H](CC(N)=O)NC(=O)CNC(=O)[C@H](CC(C)C)NC(=O)[C@H](CCCCNC(=O)CCC(=O)N1Cc2ccccc2-c2nnn(Cc3ccc([18F])cc3)c2-c2ccccc21)NC(=O)[C@H](CCC(N)=O)NC(=O)[C@@H]1CCC(=O)N1)C(C)C)C(N)=O. The van der Waals surface area contributed by atoms with Crippen molar-refractivity contribution in [3.05, 3.63) is 144 Å². The Morgan fingerprint density at radius 2 is 1.06 bits per heavy atom. The number of H-pyrrole nitrogens is 2. The summed E-state index contributed by atoms with van der Waals surface area (Å²) in [6.45, 7) is 10.0. The normalized spacial score (nSPS) is 14.8. The third-order valence-electron chi connectivity index (χ3n) is 23.9. The predicted octanol–water partition coefficient (Wildman–Crippen LogP) is -1.34. The second-order valence-corrected chi connectivity index (χ2v) is 37.7. The second-order valence-electron chi connectivity index (χ2n) is 36.7. The Balaban J connectivity index is 0.835. The van der Waals surface area contributed by atoms with Gasteiger partial charge in [-0.05, 0) is 135 Å². The van der Waals surface area contributed by atoms with Gasteiger partial charge in [0.2, 0.25) is 118 Å². The summed E-state index contributed by atoms with van der Waals surface area (Å²) in [5.74, 6) is -18.7. The Labute approximate surface area is 839 Å². The number of amides is 20. The lowest BCUT2D eigenvalue weighted by Crippen LogP contribution is -2.60. The van der Waals surface area contributed by atoms with Crippen LogP contribution in [0.5, 0.6) is 0 Å². The number of rotatable bonds is 57. The molecule has 1 saturated heterocycles. The molecule has 25 N–H and O–H groups in total. The van der Waals surface area contributed by atoms with Crippen LogP contribution in [0.25, 0.3) is 33.4 Å². The number of anilines is 1. The van der Waals surface area contributed by atoms with Gasteiger partial charge in [-0.25, -0.2) is 14.1 Å². The maximum atomic E-state index is 14.8. The van der Waals surface area contributed by atoms with Crippen molar-refractivity contribution in [2.75, 3.05) is 36.5 Å². The van der Waals surface area contributed by atoms with Gasteiger partial charge in [0.15, 0.2) is 0 Å². The van der Waals surface area contributed by atoms with Gasteiger partial charge in [-0.1, -0.05) is 120 Å². The van der Waals surface area contributed by atoms with E-state index in [1.165, 1.54) is 43.3 Å². The van der Waals surface area contributed by atoms with Gasteiger partial charge in [0.25, 0.3) is 0 Å². The molecule has 2 aliphatic heterocycles. The van der Waals surface area contributed by atoms with Crippen molar-refractivity contribution in [1.82, 2.24) is 110 Å². The first-order chi connectivity index (χ1) is 69.0. The van der Waals surface area contributed by atoms with Crippen LogP contribution < -0.4 is 108 Å². The van der Waals surface area contributed by atoms with Gasteiger partial charge in [0, 0.05) is 85.9 Å². The van der Waals surface area contributed by atoms with Crippen LogP contribution in [0.1, 0.15) is 167 Å². The molecule has 48 heteroatoms. The summed E-state index contributed by atoms with van der Waals surface area (Å²) in [5.41, 5.74) is 28.2. The minimum absolute atomic E-state index is 0.00559. The number of primary amides is 4. The lowest BCUT2D eigenvalue weighted by molar-refractivity contribution is -0.136. The van der Waals surface area contributed by atoms with Crippen LogP contribution in [-0.2, 0) is 122 Å². The van der Waals surface area contributed by atoms with Crippen molar-refractivity contribution in [3.63, 3.8) is 0 Å². The molecule has 3 aromatic heterocycles. The number of unbranched alkanes of at least 4 members (excludes halogenated alkanes) is 1. The number of fused-ring (bicyclic) bond motifs is 6. The smallest absolute Gasteiger partial charge is 0.243 e. The van der Waals surface area contributed by atoms with E-state index in [2.05, 4.69) is 105 Å². The monoisotopic (exact) mass is 2030 g/mol. The molecule has 4 aromatic carbocycles. The molecule has 1 fully saturated rings. The number of hydrogen-bond acceptors (Lipinski definition) is 24. The lowest BCUT2D eigenvalue weighted by Gasteiger charge is -2.28. The summed E-state index contributed by atoms with van der Waals surface area (Å²) >= 11 is 1.43. The number of hydrogen-bond donors (Lipinski definition) is 21. The Morgan fingerprint density at radius 3 is 1.67 bits per heavy atom. The molecule has 12 atom stereocenters. The molecular weight excluding hydrogens is 1900 g/mol. The zero-order chi connectivity index (χ0) is 106. The standard InChI is InChI=1S/C97H129FN26O20S/c1-51(2)39-69(117-89(136)65(114-91(138)67(28-31-75(99)125)115-90(137)66-30-33-79(129)110-66)22-15-16-37-104-78(128)34-35-82(132)123-49-56-17-9-10-19-61(56)84-85(62-20-12-14-23-74(62)123)124(122-121-84)48-55-24-26-58(98)27-25-55)88(135)106-46-80(130)112-73(43-77(101)127)96(143)116-68(29-32-76(100)126)92(139)119-71(41-57-44-105-63-21-13-11-18-60(57)63)93(140)109-54(7)87(134)120-83(53(5)6)97(144)107-47-81(131)111-72(42-59-45-103-50-108-59)95(142)118-70(40-52(3)4)94(141)113-64(86(102)133)36-38-145-8/h9-14,17-21,23-27,44-45,50-54,64-73,83,105H,15-16,22,28-43,46-49H2,1-8H3,(H2,99,125)(H2,100,126)(H2,101,127)(H2,102,133)(H,103,108)(H,104,128)(H,106,135)(H,107,144)(H,109,140)(H,110,129)(H,111,131)(H,112,130)(H,113,141)(H,114,138)(H,115,137)(H,116,143)(H,117,136)(H,118,142)(H,119,139)(H,120,134)/t54-,64-,65-,66-,67-,68-,69-,70-,71-,72-,73-,83-/m0/s1/i98-1. The molecule has 2 aliphatic rings. The minimum atomic E-state index is -1.94. The molecule has 0 saturated carbocycles. The number of nitrogens with one attached hydrogen (secondary N) is 17. The molecule has 7 aromatic rings. The van der Waals surface area contributed by atoms with E-state index in [1.807, 2.05) is 56.5 Å². The second kappa shape index (κ2) is 55.2. The first kappa shape index (κ1) is 113. The van der Waals surface area contributed by atoms with E-state index in [4.69, 9.17) is 22.9 Å². The van der Waals surface area contributed by atoms with Gasteiger partial charge < -0.3 is 118 Å². The third-order valence-corrected chi connectivity index (χ3v) is 24.6. The predicted molar refractivity (Wildman–Crippen MR) is 529 cm³/mol. The van der Waals surface area contributed by atoms with Gasteiger partial charge >= 0.3 is 0 Å². The zero-order valence-corrected chi connectivity index (χ0v) is 82.7. The Morgan fingerprint density at radius 1 is 0.510 bits per heavy atom. The summed E-state index contributed by atoms with van der Waals surface area (Å²) < 4.78 is 15.7. The molecule has 9 rings (SSSR count). The number of thioether (sulfide) groups is 1. The number of carbonyl (C=O) groups excluding carboxylic acids is 20. The van der Waals surface area contributed by atoms with Crippen LogP contribution in [0, 0.1) is 23.6 Å². The van der Waals surface area contributed by atoms with Crippen LogP contribution in [0.4, 0.5) is 10.1 Å². The Kier molecular flexibility index (Phi) is 43.0. The van der Waals surface area contributed by atoms with Gasteiger partial charge in [-0.3, -0.25) is 95.9 Å². The van der Waals surface area contributed by atoms with Crippen LogP contribution in [0.15, 0.2) is 116 Å². The molecule has 5 heterocycles.